The van der Waals surface area contributed by atoms with Gasteiger partial charge in [-0.05, 0) is 0 Å². The first-order valence-electron chi connectivity index (χ1n) is 12.6. The fraction of sp³-hybridized carbons (Fsp3) is 0.923. The number of hydrogen-bond donors (Lipinski definition) is 1. The molecule has 0 aromatic carbocycles. The van der Waals surface area contributed by atoms with Crippen LogP contribution in [0.2, 0.25) is 0 Å². The zero-order valence-corrected chi connectivity index (χ0v) is 26.5. The molecule has 1 rings (SSSR count). The van der Waals surface area contributed by atoms with Crippen molar-refractivity contribution in [3.05, 3.63) is 13.0 Å². The molecule has 0 aromatic heterocycles. The van der Waals surface area contributed by atoms with Gasteiger partial charge in [0.05, 0.1) is 0 Å². The smallest absolute Gasteiger partial charge is 0.469 e. The number of nitrogens with one attached hydrogen (secondary N) is 1. The van der Waals surface area contributed by atoms with Crippen molar-refractivity contribution >= 4 is 0 Å². The van der Waals surface area contributed by atoms with Crippen LogP contribution in [0.15, 0.2) is 0 Å². The van der Waals surface area contributed by atoms with E-state index < -0.39 is 0 Å². The average Bonchev–Trinajstić information content (AvgIpc) is 2.71. The number of halogens is 1. The first-order chi connectivity index (χ1) is 13.2. The molecule has 1 aliphatic carbocycles. The Morgan fingerprint density at radius 2 is 1.34 bits per heavy atom. The molecular formula is C26H64FKN-. The predicted molar refractivity (Wildman–Crippen MR) is 138 cm³/mol. The molecule has 1 saturated carbocycles. The summed E-state index contributed by atoms with van der Waals surface area (Å²) in [6.07, 6.45) is 11.9. The largest absolute Gasteiger partial charge is 1.00 e. The van der Waals surface area contributed by atoms with Gasteiger partial charge in [0.2, 0.25) is 0 Å². The zero-order chi connectivity index (χ0) is 22.5. The van der Waals surface area contributed by atoms with Gasteiger partial charge in [0.1, 0.15) is 0 Å². The maximum absolute atomic E-state index is 3.91. The summed E-state index contributed by atoms with van der Waals surface area (Å²) in [5.74, 6) is 1.81. The third-order valence-corrected chi connectivity index (χ3v) is 3.69. The van der Waals surface area contributed by atoms with Gasteiger partial charge in [-0.2, -0.15) is 19.3 Å². The summed E-state index contributed by atoms with van der Waals surface area (Å²) < 4.78 is 0. The fourth-order valence-corrected chi connectivity index (χ4v) is 2.88. The van der Waals surface area contributed by atoms with E-state index in [1.807, 2.05) is 55.4 Å². The van der Waals surface area contributed by atoms with Gasteiger partial charge in [-0.15, -0.1) is 0 Å². The van der Waals surface area contributed by atoms with Crippen LogP contribution in [0.3, 0.4) is 0 Å². The second-order valence-electron chi connectivity index (χ2n) is 6.19. The van der Waals surface area contributed by atoms with Crippen molar-refractivity contribution in [2.45, 2.75) is 141 Å². The Kier molecular flexibility index (Phi) is 86.0. The Balaban J connectivity index is -0.0000000499. The summed E-state index contributed by atoms with van der Waals surface area (Å²) in [7, 11) is 0. The summed E-state index contributed by atoms with van der Waals surface area (Å²) in [5.41, 5.74) is 0. The third kappa shape index (κ3) is 44.1. The number of rotatable bonds is 5. The van der Waals surface area contributed by atoms with E-state index in [0.717, 1.165) is 24.8 Å². The quantitative estimate of drug-likeness (QED) is 0.344. The van der Waals surface area contributed by atoms with Crippen LogP contribution in [0.5, 0.6) is 0 Å². The van der Waals surface area contributed by atoms with Crippen molar-refractivity contribution in [3.8, 4) is 0 Å². The van der Waals surface area contributed by atoms with Gasteiger partial charge >= 0.3 is 51.4 Å². The molecule has 0 aromatic rings. The summed E-state index contributed by atoms with van der Waals surface area (Å²) in [4.78, 5) is 0. The molecule has 0 aliphatic heterocycles. The molecule has 1 nitrogen and oxygen atoms in total. The van der Waals surface area contributed by atoms with E-state index in [0.29, 0.717) is 0 Å². The molecule has 0 radical (unpaired) electrons. The van der Waals surface area contributed by atoms with Crippen LogP contribution in [0.25, 0.3) is 0 Å². The molecule has 3 heteroatoms. The fourth-order valence-electron chi connectivity index (χ4n) is 2.88. The van der Waals surface area contributed by atoms with Crippen LogP contribution in [0, 0.1) is 24.8 Å². The third-order valence-electron chi connectivity index (χ3n) is 3.69. The van der Waals surface area contributed by atoms with Crippen molar-refractivity contribution in [2.24, 2.45) is 11.8 Å². The second-order valence-corrected chi connectivity index (χ2v) is 6.19. The molecule has 1 aliphatic rings. The van der Waals surface area contributed by atoms with Crippen molar-refractivity contribution < 1.29 is 57.5 Å². The molecule has 0 heterocycles. The van der Waals surface area contributed by atoms with Crippen LogP contribution in [-0.2, 0) is 0 Å². The van der Waals surface area contributed by atoms with Crippen LogP contribution in [-0.4, -0.2) is 6.54 Å². The van der Waals surface area contributed by atoms with Gasteiger partial charge in [-0.25, -0.2) is 0 Å². The van der Waals surface area contributed by atoms with E-state index >= 15 is 0 Å². The van der Waals surface area contributed by atoms with Crippen molar-refractivity contribution in [1.29, 1.82) is 0 Å². The van der Waals surface area contributed by atoms with Crippen LogP contribution < -0.4 is 56.7 Å². The van der Waals surface area contributed by atoms with Gasteiger partial charge in [0, 0.05) is 1.43 Å². The van der Waals surface area contributed by atoms with Crippen LogP contribution in [0.4, 0.5) is 4.70 Å². The molecule has 182 valence electrons. The van der Waals surface area contributed by atoms with E-state index in [4.69, 9.17) is 0 Å². The molecule has 2 atom stereocenters. The van der Waals surface area contributed by atoms with E-state index in [2.05, 4.69) is 39.9 Å². The van der Waals surface area contributed by atoms with Crippen molar-refractivity contribution in [1.82, 2.24) is 5.32 Å². The first-order valence-corrected chi connectivity index (χ1v) is 12.6. The SMILES string of the molecule is CC.CC.CC.CC.CCC.F.[CH2-]CCN[C-]1CC(C)CCCC(CCC)C1.[HH].[K+]. The van der Waals surface area contributed by atoms with Gasteiger partial charge in [-0.3, -0.25) is 10.7 Å². The minimum atomic E-state index is 0. The summed E-state index contributed by atoms with van der Waals surface area (Å²) in [6.45, 7) is 29.9. The normalized spacial score (nSPS) is 17.3. The Morgan fingerprint density at radius 3 is 1.72 bits per heavy atom. The van der Waals surface area contributed by atoms with Gasteiger partial charge in [0.15, 0.2) is 0 Å². The van der Waals surface area contributed by atoms with E-state index in [1.54, 1.807) is 6.04 Å². The summed E-state index contributed by atoms with van der Waals surface area (Å²) >= 11 is 0. The topological polar surface area (TPSA) is 12.0 Å². The van der Waals surface area contributed by atoms with E-state index in [9.17, 15) is 0 Å². The molecule has 0 spiro atoms. The summed E-state index contributed by atoms with van der Waals surface area (Å²) in [5, 5.41) is 3.61. The minimum Gasteiger partial charge on any atom is -0.469 e. The molecule has 1 fully saturated rings. The molecule has 0 saturated heterocycles. The Morgan fingerprint density at radius 1 is 0.897 bits per heavy atom. The van der Waals surface area contributed by atoms with Crippen LogP contribution >= 0.6 is 0 Å². The second kappa shape index (κ2) is 51.9. The maximum atomic E-state index is 3.91. The molecular weight excluding hydrogens is 384 g/mol. The van der Waals surface area contributed by atoms with Crippen molar-refractivity contribution in [2.75, 3.05) is 6.54 Å². The molecule has 0 amide bonds. The molecule has 29 heavy (non-hydrogen) atoms. The Bertz CT molecular complexity index is 198. The van der Waals surface area contributed by atoms with Crippen LogP contribution in [0.1, 0.15) is 142 Å². The molecule has 2 unspecified atom stereocenters. The van der Waals surface area contributed by atoms with Crippen molar-refractivity contribution in [3.63, 3.8) is 0 Å². The average molecular weight is 449 g/mol. The van der Waals surface area contributed by atoms with E-state index in [1.165, 1.54) is 51.4 Å². The molecule has 1 N–H and O–H groups in total. The monoisotopic (exact) mass is 448 g/mol. The van der Waals surface area contributed by atoms with Gasteiger partial charge in [-0.1, -0.05) is 140 Å². The Labute approximate surface area is 233 Å². The zero-order valence-electron chi connectivity index (χ0n) is 23.3. The van der Waals surface area contributed by atoms with Gasteiger partial charge < -0.3 is 12.2 Å². The summed E-state index contributed by atoms with van der Waals surface area (Å²) in [6, 6.07) is 1.61. The van der Waals surface area contributed by atoms with Gasteiger partial charge in [0.25, 0.3) is 0 Å². The van der Waals surface area contributed by atoms with E-state index in [-0.39, 0.29) is 57.5 Å². The first kappa shape index (κ1) is 48.1. The Hall–Kier alpha value is 1.53. The standard InChI is InChI=1S/C15H29N.C3H8.4C2H6.FH.K.H2/c1-4-7-14-9-6-8-13(3)11-15(12-14)16-10-5-2;1-3-2;4*1-2;;;/h13-14,16H,2,4-12H2,1,3H3;3H2,1-2H3;4*1-2H3;1H;;1H/q-2;;;;;;;+1;. The molecule has 0 bridgehead atoms. The maximum Gasteiger partial charge on any atom is 1.00 e. The minimum absolute atomic E-state index is 0. The predicted octanol–water partition coefficient (Wildman–Crippen LogP) is 7.27. The number of hydrogen-bond acceptors (Lipinski definition) is 1.